The molecule has 32 heavy (non-hydrogen) atoms. The van der Waals surface area contributed by atoms with Crippen LogP contribution in [0, 0.1) is 25.2 Å². The summed E-state index contributed by atoms with van der Waals surface area (Å²) in [7, 11) is 0. The fraction of sp³-hybridized carbons (Fsp3) is 0.207. The molecule has 0 amide bonds. The molecule has 0 spiro atoms. The molecule has 1 aliphatic heterocycles. The molecule has 0 saturated carbocycles. The van der Waals surface area contributed by atoms with E-state index >= 15 is 0 Å². The predicted octanol–water partition coefficient (Wildman–Crippen LogP) is 6.58. The highest BCUT2D eigenvalue weighted by atomic mass is 16.5. The maximum atomic E-state index is 5.41. The van der Waals surface area contributed by atoms with E-state index in [1.807, 2.05) is 30.5 Å². The van der Waals surface area contributed by atoms with E-state index in [2.05, 4.69) is 77.8 Å². The average molecular weight is 419 g/mol. The average Bonchev–Trinajstić information content (AvgIpc) is 3.32. The molecule has 0 saturated heterocycles. The second-order valence-corrected chi connectivity index (χ2v) is 8.48. The molecule has 1 aliphatic carbocycles. The third-order valence-electron chi connectivity index (χ3n) is 6.34. The van der Waals surface area contributed by atoms with Gasteiger partial charge in [0.2, 0.25) is 0 Å². The Morgan fingerprint density at radius 3 is 2.69 bits per heavy atom. The molecule has 158 valence electrons. The van der Waals surface area contributed by atoms with Crippen LogP contribution in [0.1, 0.15) is 40.6 Å². The standard InChI is InChI=1S/C29H26N2O/c1-3-17-32-24-14-8-21(9-15-24)19-30-23-12-10-22(11-13-23)29-26-6-4-5-25(26)27-18-20(2)7-16-28(27)31-29/h1,4-5,7-16,18-19,25-26,29,31H,6,17H2,2H3/t25-,26+,29-/m0/s1. The van der Waals surface area contributed by atoms with Crippen LogP contribution < -0.4 is 10.1 Å². The van der Waals surface area contributed by atoms with Gasteiger partial charge < -0.3 is 10.1 Å². The number of hydrogen-bond donors (Lipinski definition) is 1. The van der Waals surface area contributed by atoms with Gasteiger partial charge in [0.05, 0.1) is 11.7 Å². The maximum absolute atomic E-state index is 5.41. The number of rotatable bonds is 5. The van der Waals surface area contributed by atoms with Gasteiger partial charge in [0, 0.05) is 17.8 Å². The second kappa shape index (κ2) is 8.77. The monoisotopic (exact) mass is 418 g/mol. The van der Waals surface area contributed by atoms with Crippen molar-refractivity contribution in [3.05, 3.63) is 101 Å². The Kier molecular flexibility index (Phi) is 5.52. The minimum absolute atomic E-state index is 0.276. The molecule has 3 aromatic carbocycles. The Labute approximate surface area is 189 Å². The van der Waals surface area contributed by atoms with E-state index in [1.165, 1.54) is 22.4 Å². The summed E-state index contributed by atoms with van der Waals surface area (Å²) in [6.07, 6.45) is 12.9. The third kappa shape index (κ3) is 4.05. The number of nitrogens with one attached hydrogen (secondary N) is 1. The first kappa shape index (κ1) is 20.2. The number of hydrogen-bond acceptors (Lipinski definition) is 3. The Bertz CT molecular complexity index is 1200. The highest BCUT2D eigenvalue weighted by Gasteiger charge is 2.37. The van der Waals surface area contributed by atoms with Gasteiger partial charge in [-0.25, -0.2) is 0 Å². The van der Waals surface area contributed by atoms with Crippen LogP contribution in [-0.4, -0.2) is 12.8 Å². The van der Waals surface area contributed by atoms with Gasteiger partial charge in [-0.2, -0.15) is 0 Å². The number of allylic oxidation sites excluding steroid dienone is 2. The molecule has 0 radical (unpaired) electrons. The van der Waals surface area contributed by atoms with Gasteiger partial charge in [0.25, 0.3) is 0 Å². The SMILES string of the molecule is C#CCOc1ccc(C=Nc2ccc([C@@H]3Nc4ccc(C)cc4[C@H]4C=CC[C@H]43)cc2)cc1. The lowest BCUT2D eigenvalue weighted by molar-refractivity contribution is 0.370. The fourth-order valence-corrected chi connectivity index (χ4v) is 4.74. The molecule has 0 bridgehead atoms. The number of ether oxygens (including phenoxy) is 1. The zero-order chi connectivity index (χ0) is 21.9. The summed E-state index contributed by atoms with van der Waals surface area (Å²) in [5.41, 5.74) is 7.27. The highest BCUT2D eigenvalue weighted by Crippen LogP contribution is 2.50. The van der Waals surface area contributed by atoms with Crippen molar-refractivity contribution in [3.8, 4) is 18.1 Å². The van der Waals surface area contributed by atoms with Crippen LogP contribution in [0.5, 0.6) is 5.75 Å². The number of terminal acetylenes is 1. The van der Waals surface area contributed by atoms with Crippen LogP contribution in [0.4, 0.5) is 11.4 Å². The molecule has 1 heterocycles. The van der Waals surface area contributed by atoms with Crippen LogP contribution in [0.15, 0.2) is 83.9 Å². The summed E-state index contributed by atoms with van der Waals surface area (Å²) in [4.78, 5) is 4.64. The Morgan fingerprint density at radius 1 is 1.09 bits per heavy atom. The molecule has 2 aliphatic rings. The van der Waals surface area contributed by atoms with Crippen molar-refractivity contribution in [2.45, 2.75) is 25.3 Å². The minimum atomic E-state index is 0.276. The summed E-state index contributed by atoms with van der Waals surface area (Å²) < 4.78 is 5.41. The Morgan fingerprint density at radius 2 is 1.91 bits per heavy atom. The van der Waals surface area contributed by atoms with Crippen LogP contribution in [0.3, 0.4) is 0 Å². The van der Waals surface area contributed by atoms with Gasteiger partial charge in [0.15, 0.2) is 0 Å². The predicted molar refractivity (Wildman–Crippen MR) is 132 cm³/mol. The number of fused-ring (bicyclic) bond motifs is 3. The summed E-state index contributed by atoms with van der Waals surface area (Å²) in [6, 6.07) is 23.4. The molecule has 0 unspecified atom stereocenters. The van der Waals surface area contributed by atoms with Crippen LogP contribution >= 0.6 is 0 Å². The highest BCUT2D eigenvalue weighted by molar-refractivity contribution is 5.82. The molecule has 3 atom stereocenters. The number of anilines is 1. The van der Waals surface area contributed by atoms with Crippen molar-refractivity contribution >= 4 is 17.6 Å². The number of aliphatic imine (C=N–C) groups is 1. The van der Waals surface area contributed by atoms with Crippen LogP contribution in [0.25, 0.3) is 0 Å². The minimum Gasteiger partial charge on any atom is -0.481 e. The lowest BCUT2D eigenvalue weighted by Gasteiger charge is -2.37. The summed E-state index contributed by atoms with van der Waals surface area (Å²) in [5, 5.41) is 3.81. The largest absolute Gasteiger partial charge is 0.481 e. The first-order valence-electron chi connectivity index (χ1n) is 11.1. The summed E-state index contributed by atoms with van der Waals surface area (Å²) in [5.74, 6) is 4.27. The smallest absolute Gasteiger partial charge is 0.148 e. The van der Waals surface area contributed by atoms with Crippen molar-refractivity contribution < 1.29 is 4.74 Å². The lowest BCUT2D eigenvalue weighted by atomic mass is 9.76. The Hall–Kier alpha value is -3.77. The molecular weight excluding hydrogens is 392 g/mol. The van der Waals surface area contributed by atoms with Gasteiger partial charge in [-0.05, 0) is 78.4 Å². The molecule has 3 aromatic rings. The van der Waals surface area contributed by atoms with Crippen LogP contribution in [0.2, 0.25) is 0 Å². The quantitative estimate of drug-likeness (QED) is 0.288. The van der Waals surface area contributed by atoms with Crippen molar-refractivity contribution in [2.75, 3.05) is 11.9 Å². The van der Waals surface area contributed by atoms with E-state index in [-0.39, 0.29) is 6.61 Å². The fourth-order valence-electron chi connectivity index (χ4n) is 4.74. The second-order valence-electron chi connectivity index (χ2n) is 8.48. The molecule has 0 aromatic heterocycles. The zero-order valence-corrected chi connectivity index (χ0v) is 18.2. The van der Waals surface area contributed by atoms with Gasteiger partial charge in [-0.1, -0.05) is 47.9 Å². The summed E-state index contributed by atoms with van der Waals surface area (Å²) in [6.45, 7) is 2.44. The topological polar surface area (TPSA) is 33.6 Å². The van der Waals surface area contributed by atoms with Crippen molar-refractivity contribution in [1.82, 2.24) is 0 Å². The van der Waals surface area contributed by atoms with E-state index in [0.717, 1.165) is 23.4 Å². The number of aryl methyl sites for hydroxylation is 1. The summed E-state index contributed by atoms with van der Waals surface area (Å²) >= 11 is 0. The number of benzene rings is 3. The maximum Gasteiger partial charge on any atom is 0.148 e. The van der Waals surface area contributed by atoms with E-state index < -0.39 is 0 Å². The Balaban J connectivity index is 1.31. The molecule has 1 N–H and O–H groups in total. The van der Waals surface area contributed by atoms with Gasteiger partial charge in [-0.3, -0.25) is 4.99 Å². The third-order valence-corrected chi connectivity index (χ3v) is 6.34. The lowest BCUT2D eigenvalue weighted by Crippen LogP contribution is -2.29. The molecule has 0 fully saturated rings. The van der Waals surface area contributed by atoms with E-state index in [1.54, 1.807) is 0 Å². The molecule has 5 rings (SSSR count). The molecule has 3 nitrogen and oxygen atoms in total. The van der Waals surface area contributed by atoms with E-state index in [0.29, 0.717) is 17.9 Å². The number of nitrogens with zero attached hydrogens (tertiary/aromatic N) is 1. The first-order chi connectivity index (χ1) is 15.7. The van der Waals surface area contributed by atoms with Crippen LogP contribution in [-0.2, 0) is 0 Å². The van der Waals surface area contributed by atoms with E-state index in [4.69, 9.17) is 11.2 Å². The molecule has 3 heteroatoms. The van der Waals surface area contributed by atoms with Crippen molar-refractivity contribution in [2.24, 2.45) is 10.9 Å². The van der Waals surface area contributed by atoms with E-state index in [9.17, 15) is 0 Å². The van der Waals surface area contributed by atoms with Crippen molar-refractivity contribution in [3.63, 3.8) is 0 Å². The molecular formula is C29H26N2O. The zero-order valence-electron chi connectivity index (χ0n) is 18.2. The van der Waals surface area contributed by atoms with Crippen molar-refractivity contribution in [1.29, 1.82) is 0 Å². The van der Waals surface area contributed by atoms with Gasteiger partial charge in [-0.15, -0.1) is 6.42 Å². The van der Waals surface area contributed by atoms with Gasteiger partial charge >= 0.3 is 0 Å². The first-order valence-corrected chi connectivity index (χ1v) is 11.1. The normalized spacial score (nSPS) is 20.9. The van der Waals surface area contributed by atoms with Gasteiger partial charge in [0.1, 0.15) is 12.4 Å².